The standard InChI is InChI=1S/C11H21NO4/c1-6-8(9(13)15-5)7-12-10(14)16-11(2,3)4/h8H,6-7H2,1-5H3,(H,12,14)/t8-/m1/s1. The molecule has 0 aromatic carbocycles. The van der Waals surface area contributed by atoms with Crippen molar-refractivity contribution in [3.8, 4) is 0 Å². The van der Waals surface area contributed by atoms with Gasteiger partial charge in [0.25, 0.3) is 0 Å². The first kappa shape index (κ1) is 14.7. The quantitative estimate of drug-likeness (QED) is 0.748. The number of rotatable bonds is 4. The zero-order valence-corrected chi connectivity index (χ0v) is 10.6. The molecule has 0 spiro atoms. The van der Waals surface area contributed by atoms with Crippen molar-refractivity contribution in [2.24, 2.45) is 5.92 Å². The van der Waals surface area contributed by atoms with Crippen molar-refractivity contribution in [1.29, 1.82) is 0 Å². The Balaban J connectivity index is 4.03. The summed E-state index contributed by atoms with van der Waals surface area (Å²) in [6.07, 6.45) is 0.0949. The van der Waals surface area contributed by atoms with Gasteiger partial charge in [0.2, 0.25) is 0 Å². The fourth-order valence-corrected chi connectivity index (χ4v) is 1.08. The van der Waals surface area contributed by atoms with E-state index in [2.05, 4.69) is 10.1 Å². The van der Waals surface area contributed by atoms with Crippen LogP contribution in [0.15, 0.2) is 0 Å². The maximum Gasteiger partial charge on any atom is 0.407 e. The molecule has 0 aliphatic heterocycles. The van der Waals surface area contributed by atoms with E-state index in [1.54, 1.807) is 20.8 Å². The molecule has 94 valence electrons. The normalized spacial score (nSPS) is 12.8. The smallest absolute Gasteiger partial charge is 0.407 e. The van der Waals surface area contributed by atoms with Crippen LogP contribution >= 0.6 is 0 Å². The highest BCUT2D eigenvalue weighted by Gasteiger charge is 2.20. The van der Waals surface area contributed by atoms with Gasteiger partial charge in [-0.1, -0.05) is 6.92 Å². The first-order valence-corrected chi connectivity index (χ1v) is 5.34. The predicted molar refractivity (Wildman–Crippen MR) is 60.0 cm³/mol. The van der Waals surface area contributed by atoms with E-state index in [0.29, 0.717) is 6.42 Å². The molecule has 0 bridgehead atoms. The molecule has 0 saturated carbocycles. The second kappa shape index (κ2) is 6.35. The summed E-state index contributed by atoms with van der Waals surface area (Å²) >= 11 is 0. The van der Waals surface area contributed by atoms with Crippen LogP contribution in [-0.2, 0) is 14.3 Å². The van der Waals surface area contributed by atoms with E-state index >= 15 is 0 Å². The van der Waals surface area contributed by atoms with Crippen molar-refractivity contribution >= 4 is 12.1 Å². The van der Waals surface area contributed by atoms with Crippen LogP contribution in [0.3, 0.4) is 0 Å². The first-order valence-electron chi connectivity index (χ1n) is 5.34. The summed E-state index contributed by atoms with van der Waals surface area (Å²) in [6, 6.07) is 0. The number of hydrogen-bond donors (Lipinski definition) is 1. The van der Waals surface area contributed by atoms with Crippen molar-refractivity contribution in [2.45, 2.75) is 39.7 Å². The minimum absolute atomic E-state index is 0.234. The Labute approximate surface area is 96.5 Å². The summed E-state index contributed by atoms with van der Waals surface area (Å²) in [5, 5.41) is 2.54. The largest absolute Gasteiger partial charge is 0.469 e. The molecule has 0 saturated heterocycles. The third-order valence-electron chi connectivity index (χ3n) is 1.92. The van der Waals surface area contributed by atoms with Crippen molar-refractivity contribution in [2.75, 3.05) is 13.7 Å². The molecule has 0 aromatic heterocycles. The summed E-state index contributed by atoms with van der Waals surface area (Å²) in [4.78, 5) is 22.5. The van der Waals surface area contributed by atoms with Gasteiger partial charge < -0.3 is 14.8 Å². The fourth-order valence-electron chi connectivity index (χ4n) is 1.08. The molecule has 1 atom stereocenters. The highest BCUT2D eigenvalue weighted by molar-refractivity contribution is 5.74. The minimum Gasteiger partial charge on any atom is -0.469 e. The molecule has 0 aliphatic rings. The molecule has 0 unspecified atom stereocenters. The van der Waals surface area contributed by atoms with E-state index in [4.69, 9.17) is 4.74 Å². The Morgan fingerprint density at radius 2 is 1.88 bits per heavy atom. The zero-order chi connectivity index (χ0) is 12.8. The second-order valence-electron chi connectivity index (χ2n) is 4.51. The lowest BCUT2D eigenvalue weighted by Gasteiger charge is -2.20. The van der Waals surface area contributed by atoms with E-state index < -0.39 is 11.7 Å². The number of carbonyl (C=O) groups excluding carboxylic acids is 2. The Morgan fingerprint density at radius 1 is 1.31 bits per heavy atom. The third kappa shape index (κ3) is 6.27. The lowest BCUT2D eigenvalue weighted by molar-refractivity contribution is -0.145. The molecule has 0 rings (SSSR count). The zero-order valence-electron chi connectivity index (χ0n) is 10.6. The van der Waals surface area contributed by atoms with Gasteiger partial charge >= 0.3 is 12.1 Å². The SMILES string of the molecule is CC[C@H](CNC(=O)OC(C)(C)C)C(=O)OC. The maximum atomic E-state index is 11.3. The van der Waals surface area contributed by atoms with Gasteiger partial charge in [0, 0.05) is 6.54 Å². The molecule has 1 N–H and O–H groups in total. The Hall–Kier alpha value is -1.26. The fraction of sp³-hybridized carbons (Fsp3) is 0.818. The Bertz CT molecular complexity index is 245. The molecule has 1 amide bonds. The van der Waals surface area contributed by atoms with Gasteiger partial charge in [0.15, 0.2) is 0 Å². The van der Waals surface area contributed by atoms with Crippen molar-refractivity contribution < 1.29 is 19.1 Å². The number of amides is 1. The van der Waals surface area contributed by atoms with Gasteiger partial charge in [-0.15, -0.1) is 0 Å². The van der Waals surface area contributed by atoms with Gasteiger partial charge in [-0.2, -0.15) is 0 Å². The lowest BCUT2D eigenvalue weighted by Crippen LogP contribution is -2.37. The molecule has 0 aromatic rings. The van der Waals surface area contributed by atoms with Crippen LogP contribution in [0.2, 0.25) is 0 Å². The summed E-state index contributed by atoms with van der Waals surface area (Å²) in [6.45, 7) is 7.44. The summed E-state index contributed by atoms with van der Waals surface area (Å²) in [7, 11) is 1.33. The van der Waals surface area contributed by atoms with Crippen LogP contribution in [0, 0.1) is 5.92 Å². The number of esters is 1. The number of alkyl carbamates (subject to hydrolysis) is 1. The van der Waals surface area contributed by atoms with Crippen LogP contribution in [0.25, 0.3) is 0 Å². The van der Waals surface area contributed by atoms with Crippen LogP contribution in [0.4, 0.5) is 4.79 Å². The van der Waals surface area contributed by atoms with Crippen molar-refractivity contribution in [1.82, 2.24) is 5.32 Å². The molecule has 0 aliphatic carbocycles. The van der Waals surface area contributed by atoms with Crippen LogP contribution in [0.1, 0.15) is 34.1 Å². The summed E-state index contributed by atoms with van der Waals surface area (Å²) in [5.74, 6) is -0.643. The molecular weight excluding hydrogens is 210 g/mol. The van der Waals surface area contributed by atoms with Gasteiger partial charge in [-0.3, -0.25) is 4.79 Å². The Morgan fingerprint density at radius 3 is 2.25 bits per heavy atom. The molecule has 16 heavy (non-hydrogen) atoms. The van der Waals surface area contributed by atoms with E-state index in [1.807, 2.05) is 6.92 Å². The van der Waals surface area contributed by atoms with Crippen LogP contribution in [-0.4, -0.2) is 31.3 Å². The van der Waals surface area contributed by atoms with E-state index in [-0.39, 0.29) is 18.4 Å². The molecule has 0 fully saturated rings. The van der Waals surface area contributed by atoms with Crippen LogP contribution in [0.5, 0.6) is 0 Å². The van der Waals surface area contributed by atoms with Crippen LogP contribution < -0.4 is 5.32 Å². The predicted octanol–water partition coefficient (Wildman–Crippen LogP) is 1.71. The van der Waals surface area contributed by atoms with Gasteiger partial charge in [0.1, 0.15) is 5.60 Å². The van der Waals surface area contributed by atoms with E-state index in [0.717, 1.165) is 0 Å². The van der Waals surface area contributed by atoms with Crippen molar-refractivity contribution in [3.63, 3.8) is 0 Å². The molecule has 0 radical (unpaired) electrons. The lowest BCUT2D eigenvalue weighted by atomic mass is 10.1. The molecule has 0 heterocycles. The topological polar surface area (TPSA) is 64.6 Å². The Kier molecular flexibility index (Phi) is 5.85. The monoisotopic (exact) mass is 231 g/mol. The van der Waals surface area contributed by atoms with Crippen molar-refractivity contribution in [3.05, 3.63) is 0 Å². The minimum atomic E-state index is -0.531. The van der Waals surface area contributed by atoms with Gasteiger partial charge in [-0.25, -0.2) is 4.79 Å². The average Bonchev–Trinajstić information content (AvgIpc) is 2.15. The number of carbonyl (C=O) groups is 2. The maximum absolute atomic E-state index is 11.3. The average molecular weight is 231 g/mol. The summed E-state index contributed by atoms with van der Waals surface area (Å²) in [5.41, 5.74) is -0.531. The molecule has 5 heteroatoms. The number of hydrogen-bond acceptors (Lipinski definition) is 4. The van der Waals surface area contributed by atoms with Gasteiger partial charge in [-0.05, 0) is 27.2 Å². The highest BCUT2D eigenvalue weighted by Crippen LogP contribution is 2.07. The van der Waals surface area contributed by atoms with E-state index in [1.165, 1.54) is 7.11 Å². The number of ether oxygens (including phenoxy) is 2. The number of methoxy groups -OCH3 is 1. The first-order chi connectivity index (χ1) is 7.30. The van der Waals surface area contributed by atoms with E-state index in [9.17, 15) is 9.59 Å². The molecule has 5 nitrogen and oxygen atoms in total. The third-order valence-corrected chi connectivity index (χ3v) is 1.92. The number of nitrogens with one attached hydrogen (secondary N) is 1. The highest BCUT2D eigenvalue weighted by atomic mass is 16.6. The second-order valence-corrected chi connectivity index (χ2v) is 4.51. The van der Waals surface area contributed by atoms with Gasteiger partial charge in [0.05, 0.1) is 13.0 Å². The molecular formula is C11H21NO4. The summed E-state index contributed by atoms with van der Waals surface area (Å²) < 4.78 is 9.65.